The van der Waals surface area contributed by atoms with Gasteiger partial charge in [-0.15, -0.1) is 24.5 Å². The summed E-state index contributed by atoms with van der Waals surface area (Å²) in [6.45, 7) is 0. The molecule has 0 radical (unpaired) electrons. The molecule has 1 atom stereocenters. The molecule has 7 nitrogen and oxygen atoms in total. The molecule has 0 saturated carbocycles. The lowest BCUT2D eigenvalue weighted by atomic mass is 10.1. The van der Waals surface area contributed by atoms with Crippen molar-refractivity contribution in [2.45, 2.75) is 12.6 Å². The molecule has 0 aliphatic carbocycles. The van der Waals surface area contributed by atoms with Gasteiger partial charge in [-0.05, 0) is 24.3 Å². The van der Waals surface area contributed by atoms with Gasteiger partial charge in [0.1, 0.15) is 22.8 Å². The quantitative estimate of drug-likeness (QED) is 0.448. The molecule has 0 spiro atoms. The predicted octanol–water partition coefficient (Wildman–Crippen LogP) is 4.06. The zero-order chi connectivity index (χ0) is 22.2. The number of nitrogens with one attached hydrogen (secondary N) is 1. The number of alkyl halides is 3. The van der Waals surface area contributed by atoms with Crippen LogP contribution in [-0.4, -0.2) is 26.0 Å². The van der Waals surface area contributed by atoms with Crippen LogP contribution in [0.15, 0.2) is 58.1 Å². The third kappa shape index (κ3) is 4.37. The van der Waals surface area contributed by atoms with Crippen molar-refractivity contribution >= 4 is 27.9 Å². The Hall–Kier alpha value is -3.44. The maximum absolute atomic E-state index is 12.9. The molecule has 2 aromatic heterocycles. The highest BCUT2D eigenvalue weighted by Crippen LogP contribution is 2.29. The number of hydrogen-bond donors (Lipinski definition) is 2. The molecule has 4 aromatic rings. The second-order valence-electron chi connectivity index (χ2n) is 6.54. The largest absolute Gasteiger partial charge is 0.573 e. The highest BCUT2D eigenvalue weighted by atomic mass is 32.1. The minimum Gasteiger partial charge on any atom is -0.406 e. The van der Waals surface area contributed by atoms with E-state index in [0.717, 1.165) is 12.1 Å². The number of hydrogen-bond acceptors (Lipinski definition) is 7. The first-order valence-electron chi connectivity index (χ1n) is 8.91. The molecule has 160 valence electrons. The van der Waals surface area contributed by atoms with Crippen LogP contribution in [-0.2, 0) is 7.05 Å². The average molecular weight is 448 g/mol. The van der Waals surface area contributed by atoms with Crippen molar-refractivity contribution < 1.29 is 23.0 Å². The molecule has 2 N–H and O–H groups in total. The molecular formula is C20H15F3N4O3S. The van der Waals surface area contributed by atoms with E-state index in [1.165, 1.54) is 35.1 Å². The fourth-order valence-electron chi connectivity index (χ4n) is 3.08. The van der Waals surface area contributed by atoms with Gasteiger partial charge in [0.05, 0.1) is 16.6 Å². The third-order valence-corrected chi connectivity index (χ3v) is 5.06. The topological polar surface area (TPSA) is 89.3 Å². The van der Waals surface area contributed by atoms with E-state index in [2.05, 4.69) is 20.0 Å². The normalized spacial score (nSPS) is 12.7. The van der Waals surface area contributed by atoms with Crippen molar-refractivity contribution in [1.29, 1.82) is 0 Å². The number of ether oxygens (including phenoxy) is 1. The first kappa shape index (κ1) is 20.8. The Bertz CT molecular complexity index is 1290. The van der Waals surface area contributed by atoms with Crippen LogP contribution in [0.1, 0.15) is 11.9 Å². The summed E-state index contributed by atoms with van der Waals surface area (Å²) in [6.07, 6.45) is -5.97. The Kier molecular flexibility index (Phi) is 5.38. The van der Waals surface area contributed by atoms with Crippen LogP contribution in [0.5, 0.6) is 5.75 Å². The van der Waals surface area contributed by atoms with E-state index in [1.807, 2.05) is 0 Å². The highest BCUT2D eigenvalue weighted by molar-refractivity contribution is 7.07. The van der Waals surface area contributed by atoms with Gasteiger partial charge in [-0.3, -0.25) is 9.36 Å². The number of benzene rings is 2. The van der Waals surface area contributed by atoms with E-state index in [-0.39, 0.29) is 22.3 Å². The smallest absolute Gasteiger partial charge is 0.406 e. The van der Waals surface area contributed by atoms with E-state index in [0.29, 0.717) is 11.4 Å². The van der Waals surface area contributed by atoms with E-state index in [4.69, 9.17) is 0 Å². The first-order valence-corrected chi connectivity index (χ1v) is 9.86. The summed E-state index contributed by atoms with van der Waals surface area (Å²) >= 11 is 1.32. The standard InChI is InChI=1S/C20H15F3N4O3S/c1-27-17(11-4-2-5-12(8-11)30-20(21,22)23)26-16-13(19(27)29)6-3-7-14(16)25-18(28)15-9-31-10-24-15/h2-10,18,25,28H,1H3. The van der Waals surface area contributed by atoms with Crippen molar-refractivity contribution in [3.05, 3.63) is 69.4 Å². The third-order valence-electron chi connectivity index (χ3n) is 4.46. The number of rotatable bonds is 5. The van der Waals surface area contributed by atoms with Crippen LogP contribution in [0.3, 0.4) is 0 Å². The minimum absolute atomic E-state index is 0.141. The number of nitrogens with zero attached hydrogens (tertiary/aromatic N) is 3. The van der Waals surface area contributed by atoms with Gasteiger partial charge < -0.3 is 15.2 Å². The summed E-state index contributed by atoms with van der Waals surface area (Å²) in [7, 11) is 1.48. The second kappa shape index (κ2) is 8.00. The summed E-state index contributed by atoms with van der Waals surface area (Å²) in [5.74, 6) is -0.285. The van der Waals surface area contributed by atoms with Crippen molar-refractivity contribution in [2.24, 2.45) is 7.05 Å². The van der Waals surface area contributed by atoms with Crippen LogP contribution >= 0.6 is 11.3 Å². The summed E-state index contributed by atoms with van der Waals surface area (Å²) in [4.78, 5) is 21.5. The Balaban J connectivity index is 1.81. The highest BCUT2D eigenvalue weighted by Gasteiger charge is 2.31. The average Bonchev–Trinajstić information content (AvgIpc) is 3.25. The maximum atomic E-state index is 12.9. The fourth-order valence-corrected chi connectivity index (χ4v) is 3.65. The zero-order valence-electron chi connectivity index (χ0n) is 15.9. The zero-order valence-corrected chi connectivity index (χ0v) is 16.7. The van der Waals surface area contributed by atoms with Crippen molar-refractivity contribution in [1.82, 2.24) is 14.5 Å². The van der Waals surface area contributed by atoms with Gasteiger partial charge in [0.15, 0.2) is 6.23 Å². The molecule has 31 heavy (non-hydrogen) atoms. The van der Waals surface area contributed by atoms with Crippen LogP contribution in [0.4, 0.5) is 18.9 Å². The lowest BCUT2D eigenvalue weighted by molar-refractivity contribution is -0.274. The molecule has 1 unspecified atom stereocenters. The number of aromatic nitrogens is 3. The molecule has 0 aliphatic heterocycles. The lowest BCUT2D eigenvalue weighted by Gasteiger charge is -2.16. The maximum Gasteiger partial charge on any atom is 0.573 e. The monoisotopic (exact) mass is 448 g/mol. The van der Waals surface area contributed by atoms with Gasteiger partial charge in [0.25, 0.3) is 5.56 Å². The van der Waals surface area contributed by atoms with E-state index >= 15 is 0 Å². The van der Waals surface area contributed by atoms with Gasteiger partial charge in [-0.2, -0.15) is 0 Å². The number of aliphatic hydroxyl groups excluding tert-OH is 1. The van der Waals surface area contributed by atoms with Gasteiger partial charge in [0.2, 0.25) is 0 Å². The number of fused-ring (bicyclic) bond motifs is 1. The van der Waals surface area contributed by atoms with Gasteiger partial charge >= 0.3 is 6.36 Å². The van der Waals surface area contributed by atoms with Crippen molar-refractivity contribution in [3.63, 3.8) is 0 Å². The number of halogens is 3. The summed E-state index contributed by atoms with van der Waals surface area (Å²) in [6, 6.07) is 10.1. The molecule has 0 amide bonds. The van der Waals surface area contributed by atoms with Crippen LogP contribution < -0.4 is 15.6 Å². The number of aliphatic hydroxyl groups is 1. The molecule has 2 heterocycles. The first-order chi connectivity index (χ1) is 14.7. The molecular weight excluding hydrogens is 433 g/mol. The summed E-state index contributed by atoms with van der Waals surface area (Å²) in [5, 5.41) is 15.2. The van der Waals surface area contributed by atoms with Gasteiger partial charge in [-0.1, -0.05) is 18.2 Å². The Labute approximate surface area is 177 Å². The van der Waals surface area contributed by atoms with Gasteiger partial charge in [-0.25, -0.2) is 9.97 Å². The number of para-hydroxylation sites is 1. The minimum atomic E-state index is -4.84. The SMILES string of the molecule is Cn1c(-c2cccc(OC(F)(F)F)c2)nc2c(NC(O)c3cscn3)cccc2c1=O. The molecule has 0 bridgehead atoms. The molecule has 0 saturated heterocycles. The number of anilines is 1. The Morgan fingerprint density at radius 3 is 2.71 bits per heavy atom. The van der Waals surface area contributed by atoms with Crippen molar-refractivity contribution in [2.75, 3.05) is 5.32 Å². The lowest BCUT2D eigenvalue weighted by Crippen LogP contribution is -2.21. The molecule has 0 aliphatic rings. The summed E-state index contributed by atoms with van der Waals surface area (Å²) in [5.41, 5.74) is 2.48. The van der Waals surface area contributed by atoms with Crippen LogP contribution in [0, 0.1) is 0 Å². The van der Waals surface area contributed by atoms with Crippen LogP contribution in [0.2, 0.25) is 0 Å². The Morgan fingerprint density at radius 2 is 2.00 bits per heavy atom. The summed E-state index contributed by atoms with van der Waals surface area (Å²) < 4.78 is 43.0. The van der Waals surface area contributed by atoms with E-state index < -0.39 is 23.9 Å². The fraction of sp³-hybridized carbons (Fsp3) is 0.150. The Morgan fingerprint density at radius 1 is 1.23 bits per heavy atom. The van der Waals surface area contributed by atoms with Crippen molar-refractivity contribution in [3.8, 4) is 17.1 Å². The molecule has 4 rings (SSSR count). The van der Waals surface area contributed by atoms with E-state index in [1.54, 1.807) is 29.1 Å². The number of thiazole rings is 1. The van der Waals surface area contributed by atoms with E-state index in [9.17, 15) is 23.1 Å². The predicted molar refractivity (Wildman–Crippen MR) is 110 cm³/mol. The van der Waals surface area contributed by atoms with Gasteiger partial charge in [0, 0.05) is 18.0 Å². The second-order valence-corrected chi connectivity index (χ2v) is 7.26. The van der Waals surface area contributed by atoms with Crippen LogP contribution in [0.25, 0.3) is 22.3 Å². The molecule has 11 heteroatoms. The molecule has 2 aromatic carbocycles. The molecule has 0 fully saturated rings.